The fraction of sp³-hybridized carbons (Fsp3) is 0. The molecule has 0 radical (unpaired) electrons. The first-order valence-electron chi connectivity index (χ1n) is 5.16. The second-order valence-electron chi connectivity index (χ2n) is 3.71. The van der Waals surface area contributed by atoms with Crippen LogP contribution in [0.5, 0.6) is 0 Å². The lowest BCUT2D eigenvalue weighted by molar-refractivity contribution is 0.446. The van der Waals surface area contributed by atoms with Gasteiger partial charge >= 0.3 is 0 Å². The van der Waals surface area contributed by atoms with Crippen molar-refractivity contribution in [2.45, 2.75) is 0 Å². The first kappa shape index (κ1) is 10.8. The summed E-state index contributed by atoms with van der Waals surface area (Å²) in [5.74, 6) is -4.16. The monoisotopic (exact) mass is 249 g/mol. The van der Waals surface area contributed by atoms with Crippen molar-refractivity contribution >= 4 is 11.1 Å². The average molecular weight is 249 g/mol. The van der Waals surface area contributed by atoms with E-state index in [4.69, 9.17) is 4.42 Å². The van der Waals surface area contributed by atoms with Crippen molar-refractivity contribution in [1.29, 1.82) is 0 Å². The maximum atomic E-state index is 13.6. The van der Waals surface area contributed by atoms with Crippen LogP contribution < -0.4 is 0 Å². The Bertz CT molecular complexity index is 703. The highest BCUT2D eigenvalue weighted by Gasteiger charge is 2.18. The van der Waals surface area contributed by atoms with Crippen LogP contribution in [0.1, 0.15) is 0 Å². The van der Waals surface area contributed by atoms with Crippen LogP contribution >= 0.6 is 0 Å². The summed E-state index contributed by atoms with van der Waals surface area (Å²) in [6.07, 6.45) is 0. The molecule has 18 heavy (non-hydrogen) atoms. The summed E-state index contributed by atoms with van der Waals surface area (Å²) < 4.78 is 44.8. The summed E-state index contributed by atoms with van der Waals surface area (Å²) in [6, 6.07) is 8.75. The molecule has 0 saturated carbocycles. The average Bonchev–Trinajstić information content (AvgIpc) is 2.79. The molecule has 0 unspecified atom stereocenters. The molecule has 0 bridgehead atoms. The van der Waals surface area contributed by atoms with Crippen molar-refractivity contribution in [3.05, 3.63) is 53.8 Å². The summed E-state index contributed by atoms with van der Waals surface area (Å²) in [5.41, 5.74) is 0.776. The van der Waals surface area contributed by atoms with E-state index in [1.54, 1.807) is 24.3 Å². The third-order valence-corrected chi connectivity index (χ3v) is 2.56. The van der Waals surface area contributed by atoms with Crippen molar-refractivity contribution in [3.8, 4) is 11.5 Å². The van der Waals surface area contributed by atoms with E-state index in [1.807, 2.05) is 0 Å². The first-order valence-corrected chi connectivity index (χ1v) is 5.16. The molecule has 90 valence electrons. The van der Waals surface area contributed by atoms with Gasteiger partial charge in [-0.05, 0) is 24.3 Å². The third-order valence-electron chi connectivity index (χ3n) is 2.56. The second kappa shape index (κ2) is 3.87. The van der Waals surface area contributed by atoms with Gasteiger partial charge in [-0.1, -0.05) is 12.1 Å². The van der Waals surface area contributed by atoms with Gasteiger partial charge in [0.15, 0.2) is 23.0 Å². The number of halogens is 3. The lowest BCUT2D eigenvalue weighted by Crippen LogP contribution is -1.93. The number of para-hydroxylation sites is 2. The van der Waals surface area contributed by atoms with Crippen LogP contribution in [0.15, 0.2) is 40.8 Å². The van der Waals surface area contributed by atoms with Crippen molar-refractivity contribution in [3.63, 3.8) is 0 Å². The minimum atomic E-state index is -1.53. The Hall–Kier alpha value is -2.30. The molecule has 1 heterocycles. The van der Waals surface area contributed by atoms with Gasteiger partial charge in [0.05, 0.1) is 5.56 Å². The summed E-state index contributed by atoms with van der Waals surface area (Å²) in [5, 5.41) is 0. The SMILES string of the molecule is Fc1ccc(-c2nc3ccccc3o2)c(F)c1F. The van der Waals surface area contributed by atoms with Crippen LogP contribution in [0.25, 0.3) is 22.6 Å². The molecule has 0 amide bonds. The van der Waals surface area contributed by atoms with Crippen LogP contribution in [-0.2, 0) is 0 Å². The highest BCUT2D eigenvalue weighted by atomic mass is 19.2. The Morgan fingerprint density at radius 3 is 2.44 bits per heavy atom. The molecule has 2 nitrogen and oxygen atoms in total. The lowest BCUT2D eigenvalue weighted by atomic mass is 10.2. The normalized spacial score (nSPS) is 11.1. The molecule has 3 rings (SSSR count). The Morgan fingerprint density at radius 1 is 0.889 bits per heavy atom. The molecule has 0 fully saturated rings. The highest BCUT2D eigenvalue weighted by Crippen LogP contribution is 2.28. The van der Waals surface area contributed by atoms with Crippen LogP contribution in [0.4, 0.5) is 13.2 Å². The van der Waals surface area contributed by atoms with Crippen LogP contribution in [0.2, 0.25) is 0 Å². The fourth-order valence-electron chi connectivity index (χ4n) is 1.68. The number of benzene rings is 2. The first-order chi connectivity index (χ1) is 8.66. The quantitative estimate of drug-likeness (QED) is 0.611. The van der Waals surface area contributed by atoms with Crippen LogP contribution in [-0.4, -0.2) is 4.98 Å². The molecule has 0 spiro atoms. The summed E-state index contributed by atoms with van der Waals surface area (Å²) in [4.78, 5) is 4.02. The molecule has 1 aromatic heterocycles. The maximum absolute atomic E-state index is 13.6. The largest absolute Gasteiger partial charge is 0.436 e. The number of nitrogens with zero attached hydrogens (tertiary/aromatic N) is 1. The summed E-state index contributed by atoms with van der Waals surface area (Å²) in [6.45, 7) is 0. The number of hydrogen-bond acceptors (Lipinski definition) is 2. The minimum absolute atomic E-state index is 0.0763. The number of rotatable bonds is 1. The zero-order valence-electron chi connectivity index (χ0n) is 8.95. The van der Waals surface area contributed by atoms with Gasteiger partial charge in [0, 0.05) is 0 Å². The van der Waals surface area contributed by atoms with Gasteiger partial charge in [0.1, 0.15) is 5.52 Å². The fourth-order valence-corrected chi connectivity index (χ4v) is 1.68. The molecule has 0 aliphatic rings. The molecular formula is C13H6F3NO. The van der Waals surface area contributed by atoms with Gasteiger partial charge in [-0.25, -0.2) is 18.2 Å². The Labute approximate surface area is 99.7 Å². The van der Waals surface area contributed by atoms with E-state index in [0.717, 1.165) is 12.1 Å². The van der Waals surface area contributed by atoms with E-state index in [9.17, 15) is 13.2 Å². The van der Waals surface area contributed by atoms with Crippen LogP contribution in [0.3, 0.4) is 0 Å². The van der Waals surface area contributed by atoms with Crippen molar-refractivity contribution in [2.24, 2.45) is 0 Å². The van der Waals surface area contributed by atoms with Gasteiger partial charge in [0.2, 0.25) is 5.89 Å². The van der Waals surface area contributed by atoms with E-state index < -0.39 is 17.5 Å². The van der Waals surface area contributed by atoms with Crippen LogP contribution in [0, 0.1) is 17.5 Å². The molecule has 0 N–H and O–H groups in total. The van der Waals surface area contributed by atoms with Gasteiger partial charge in [-0.15, -0.1) is 0 Å². The minimum Gasteiger partial charge on any atom is -0.436 e. The van der Waals surface area contributed by atoms with E-state index in [-0.39, 0.29) is 11.5 Å². The number of aromatic nitrogens is 1. The molecule has 5 heteroatoms. The molecule has 3 aromatic rings. The second-order valence-corrected chi connectivity index (χ2v) is 3.71. The topological polar surface area (TPSA) is 26.0 Å². The van der Waals surface area contributed by atoms with E-state index in [0.29, 0.717) is 11.1 Å². The molecule has 0 atom stereocenters. The van der Waals surface area contributed by atoms with Crippen molar-refractivity contribution in [1.82, 2.24) is 4.98 Å². The summed E-state index contributed by atoms with van der Waals surface area (Å²) >= 11 is 0. The van der Waals surface area contributed by atoms with Crippen molar-refractivity contribution < 1.29 is 17.6 Å². The van der Waals surface area contributed by atoms with E-state index in [1.165, 1.54) is 0 Å². The Morgan fingerprint density at radius 2 is 1.67 bits per heavy atom. The molecule has 0 aliphatic carbocycles. The zero-order valence-corrected chi connectivity index (χ0v) is 8.95. The lowest BCUT2D eigenvalue weighted by Gasteiger charge is -1.99. The third kappa shape index (κ3) is 1.55. The smallest absolute Gasteiger partial charge is 0.230 e. The maximum Gasteiger partial charge on any atom is 0.230 e. The Kier molecular flexibility index (Phi) is 2.33. The number of hydrogen-bond donors (Lipinski definition) is 0. The van der Waals surface area contributed by atoms with Gasteiger partial charge < -0.3 is 4.42 Å². The van der Waals surface area contributed by atoms with E-state index >= 15 is 0 Å². The predicted octanol–water partition coefficient (Wildman–Crippen LogP) is 3.91. The summed E-state index contributed by atoms with van der Waals surface area (Å²) in [7, 11) is 0. The standard InChI is InChI=1S/C13H6F3NO/c14-8-6-5-7(11(15)12(8)16)13-17-9-3-1-2-4-10(9)18-13/h1-6H. The Balaban J connectivity index is 2.23. The van der Waals surface area contributed by atoms with Crippen molar-refractivity contribution in [2.75, 3.05) is 0 Å². The highest BCUT2D eigenvalue weighted by molar-refractivity contribution is 5.76. The predicted molar refractivity (Wildman–Crippen MR) is 59.3 cm³/mol. The molecule has 0 saturated heterocycles. The molecule has 0 aliphatic heterocycles. The van der Waals surface area contributed by atoms with Gasteiger partial charge in [-0.3, -0.25) is 0 Å². The molecule has 2 aromatic carbocycles. The van der Waals surface area contributed by atoms with Gasteiger partial charge in [-0.2, -0.15) is 0 Å². The number of oxazole rings is 1. The van der Waals surface area contributed by atoms with Gasteiger partial charge in [0.25, 0.3) is 0 Å². The van der Waals surface area contributed by atoms with E-state index in [2.05, 4.69) is 4.98 Å². The number of fused-ring (bicyclic) bond motifs is 1. The molecular weight excluding hydrogens is 243 g/mol. The zero-order chi connectivity index (χ0) is 12.7.